The minimum Gasteiger partial charge on any atom is -0.486 e. The van der Waals surface area contributed by atoms with Gasteiger partial charge < -0.3 is 9.47 Å². The summed E-state index contributed by atoms with van der Waals surface area (Å²) in [5, 5.41) is 26.4. The highest BCUT2D eigenvalue weighted by molar-refractivity contribution is 6.01. The van der Waals surface area contributed by atoms with Gasteiger partial charge in [-0.2, -0.15) is 5.10 Å². The third-order valence-corrected chi connectivity index (χ3v) is 4.06. The van der Waals surface area contributed by atoms with Crippen molar-refractivity contribution in [1.29, 1.82) is 0 Å². The largest absolute Gasteiger partial charge is 0.486 e. The maximum atomic E-state index is 11.3. The molecule has 146 valence electrons. The number of hydrazone groups is 1. The molecule has 0 spiro atoms. The summed E-state index contributed by atoms with van der Waals surface area (Å²) in [6.45, 7) is 2.94. The van der Waals surface area contributed by atoms with E-state index in [1.165, 1.54) is 12.1 Å². The predicted octanol–water partition coefficient (Wildman–Crippen LogP) is 3.89. The van der Waals surface area contributed by atoms with Crippen LogP contribution in [0.4, 0.5) is 17.1 Å². The molecule has 0 atom stereocenters. The molecule has 3 rings (SSSR count). The highest BCUT2D eigenvalue weighted by atomic mass is 16.6. The van der Waals surface area contributed by atoms with E-state index in [1.807, 2.05) is 19.1 Å². The second-order valence-electron chi connectivity index (χ2n) is 5.99. The number of nitrogens with one attached hydrogen (secondary N) is 1. The average molecular weight is 386 g/mol. The first-order valence-corrected chi connectivity index (χ1v) is 8.65. The van der Waals surface area contributed by atoms with Crippen LogP contribution in [0.5, 0.6) is 11.5 Å². The Kier molecular flexibility index (Phi) is 5.68. The van der Waals surface area contributed by atoms with Crippen LogP contribution in [0.1, 0.15) is 25.3 Å². The van der Waals surface area contributed by atoms with Crippen molar-refractivity contribution in [2.24, 2.45) is 5.10 Å². The Balaban J connectivity index is 1.91. The zero-order chi connectivity index (χ0) is 20.1. The number of anilines is 1. The van der Waals surface area contributed by atoms with Crippen molar-refractivity contribution in [1.82, 2.24) is 0 Å². The van der Waals surface area contributed by atoms with Gasteiger partial charge in [-0.1, -0.05) is 13.3 Å². The van der Waals surface area contributed by atoms with Gasteiger partial charge in [0.15, 0.2) is 11.5 Å². The van der Waals surface area contributed by atoms with Crippen LogP contribution in [0, 0.1) is 20.2 Å². The lowest BCUT2D eigenvalue weighted by Crippen LogP contribution is -2.16. The van der Waals surface area contributed by atoms with E-state index in [4.69, 9.17) is 9.47 Å². The zero-order valence-corrected chi connectivity index (χ0v) is 15.1. The number of hydrogen-bond acceptors (Lipinski definition) is 8. The number of nitro groups is 2. The van der Waals surface area contributed by atoms with Crippen LogP contribution in [0.15, 0.2) is 41.5 Å². The number of non-ortho nitro benzene ring substituents is 1. The van der Waals surface area contributed by atoms with E-state index in [-0.39, 0.29) is 11.4 Å². The van der Waals surface area contributed by atoms with Gasteiger partial charge in [-0.3, -0.25) is 25.7 Å². The Morgan fingerprint density at radius 2 is 1.82 bits per heavy atom. The van der Waals surface area contributed by atoms with Crippen LogP contribution in [0.2, 0.25) is 0 Å². The van der Waals surface area contributed by atoms with Crippen LogP contribution in [-0.4, -0.2) is 28.8 Å². The van der Waals surface area contributed by atoms with Gasteiger partial charge in [-0.15, -0.1) is 0 Å². The smallest absolute Gasteiger partial charge is 0.301 e. The summed E-state index contributed by atoms with van der Waals surface area (Å²) in [6.07, 6.45) is 1.42. The third-order valence-electron chi connectivity index (χ3n) is 4.06. The van der Waals surface area contributed by atoms with E-state index in [0.717, 1.165) is 18.1 Å². The average Bonchev–Trinajstić information content (AvgIpc) is 2.70. The van der Waals surface area contributed by atoms with Crippen molar-refractivity contribution in [3.63, 3.8) is 0 Å². The van der Waals surface area contributed by atoms with Crippen LogP contribution in [0.25, 0.3) is 0 Å². The summed E-state index contributed by atoms with van der Waals surface area (Å²) in [5.74, 6) is 1.28. The number of nitro benzene ring substituents is 2. The monoisotopic (exact) mass is 386 g/mol. The van der Waals surface area contributed by atoms with Gasteiger partial charge in [0.05, 0.1) is 21.6 Å². The minimum absolute atomic E-state index is 0.0711. The molecule has 1 aliphatic rings. The second-order valence-corrected chi connectivity index (χ2v) is 5.99. The topological polar surface area (TPSA) is 129 Å². The molecule has 0 amide bonds. The number of ether oxygens (including phenoxy) is 2. The van der Waals surface area contributed by atoms with E-state index >= 15 is 0 Å². The maximum absolute atomic E-state index is 11.3. The molecule has 0 radical (unpaired) electrons. The Labute approximate surface area is 160 Å². The fraction of sp³-hybridized carbons (Fsp3) is 0.278. The molecule has 1 aliphatic heterocycles. The second kappa shape index (κ2) is 8.33. The quantitative estimate of drug-likeness (QED) is 0.434. The number of hydrogen-bond donors (Lipinski definition) is 1. The van der Waals surface area contributed by atoms with Gasteiger partial charge >= 0.3 is 5.69 Å². The molecule has 0 fully saturated rings. The third kappa shape index (κ3) is 4.17. The van der Waals surface area contributed by atoms with Crippen molar-refractivity contribution < 1.29 is 19.3 Å². The Hall–Kier alpha value is -3.69. The number of rotatable bonds is 7. The Morgan fingerprint density at radius 3 is 2.50 bits per heavy atom. The highest BCUT2D eigenvalue weighted by Gasteiger charge is 2.20. The summed E-state index contributed by atoms with van der Waals surface area (Å²) in [6, 6.07) is 8.81. The normalized spacial score (nSPS) is 13.1. The maximum Gasteiger partial charge on any atom is 0.301 e. The molecule has 0 saturated heterocycles. The van der Waals surface area contributed by atoms with Crippen molar-refractivity contribution in [3.8, 4) is 11.5 Å². The van der Waals surface area contributed by atoms with E-state index in [0.29, 0.717) is 36.8 Å². The van der Waals surface area contributed by atoms with Crippen LogP contribution in [-0.2, 0) is 0 Å². The molecule has 2 aromatic carbocycles. The number of fused-ring (bicyclic) bond motifs is 1. The summed E-state index contributed by atoms with van der Waals surface area (Å²) in [5.41, 5.74) is 3.43. The van der Waals surface area contributed by atoms with Gasteiger partial charge in [0.1, 0.15) is 18.9 Å². The molecule has 1 heterocycles. The predicted molar refractivity (Wildman–Crippen MR) is 102 cm³/mol. The molecule has 10 heteroatoms. The zero-order valence-electron chi connectivity index (χ0n) is 15.1. The molecule has 2 aromatic rings. The lowest BCUT2D eigenvalue weighted by Gasteiger charge is -2.19. The van der Waals surface area contributed by atoms with E-state index in [1.54, 1.807) is 6.07 Å². The van der Waals surface area contributed by atoms with Crippen LogP contribution in [0.3, 0.4) is 0 Å². The first-order chi connectivity index (χ1) is 13.5. The molecule has 10 nitrogen and oxygen atoms in total. The molecule has 28 heavy (non-hydrogen) atoms. The number of benzene rings is 2. The summed E-state index contributed by atoms with van der Waals surface area (Å²) < 4.78 is 11.1. The lowest BCUT2D eigenvalue weighted by molar-refractivity contribution is -0.393. The fourth-order valence-corrected chi connectivity index (χ4v) is 2.73. The molecule has 1 N–H and O–H groups in total. The molecule has 0 aliphatic carbocycles. The van der Waals surface area contributed by atoms with Crippen molar-refractivity contribution >= 4 is 22.8 Å². The van der Waals surface area contributed by atoms with Crippen molar-refractivity contribution in [2.45, 2.75) is 19.8 Å². The van der Waals surface area contributed by atoms with Crippen LogP contribution < -0.4 is 14.9 Å². The van der Waals surface area contributed by atoms with Crippen molar-refractivity contribution in [2.75, 3.05) is 18.6 Å². The molecular formula is C18H18N4O6. The number of nitrogens with zero attached hydrogens (tertiary/aromatic N) is 3. The molecular weight excluding hydrogens is 368 g/mol. The van der Waals surface area contributed by atoms with Gasteiger partial charge in [-0.05, 0) is 30.7 Å². The van der Waals surface area contributed by atoms with Gasteiger partial charge in [0, 0.05) is 11.6 Å². The fourth-order valence-electron chi connectivity index (χ4n) is 2.73. The first kappa shape index (κ1) is 19.1. The van der Waals surface area contributed by atoms with Gasteiger partial charge in [0.2, 0.25) is 0 Å². The Morgan fingerprint density at radius 1 is 1.07 bits per heavy atom. The van der Waals surface area contributed by atoms with Gasteiger partial charge in [-0.25, -0.2) is 0 Å². The molecule has 0 saturated carbocycles. The van der Waals surface area contributed by atoms with E-state index < -0.39 is 15.5 Å². The summed E-state index contributed by atoms with van der Waals surface area (Å²) in [7, 11) is 0. The SMILES string of the molecule is CCCC(=NNc1ccc([N+](=O)[O-])cc1[N+](=O)[O-])c1ccc2c(c1)OCCO2. The molecule has 0 aromatic heterocycles. The van der Waals surface area contributed by atoms with Crippen LogP contribution >= 0.6 is 0 Å². The molecule has 0 bridgehead atoms. The van der Waals surface area contributed by atoms with E-state index in [9.17, 15) is 20.2 Å². The van der Waals surface area contributed by atoms with Crippen molar-refractivity contribution in [3.05, 3.63) is 62.2 Å². The lowest BCUT2D eigenvalue weighted by atomic mass is 10.1. The molecule has 0 unspecified atom stereocenters. The summed E-state index contributed by atoms with van der Waals surface area (Å²) in [4.78, 5) is 20.7. The Bertz CT molecular complexity index is 944. The minimum atomic E-state index is -0.686. The van der Waals surface area contributed by atoms with Gasteiger partial charge in [0.25, 0.3) is 5.69 Å². The first-order valence-electron chi connectivity index (χ1n) is 8.65. The standard InChI is InChI=1S/C18H18N4O6/c1-2-3-14(12-4-7-17-18(10-12)28-9-8-27-17)19-20-15-6-5-13(21(23)24)11-16(15)22(25)26/h4-7,10-11,20H,2-3,8-9H2,1H3. The van der Waals surface area contributed by atoms with E-state index in [2.05, 4.69) is 10.5 Å². The highest BCUT2D eigenvalue weighted by Crippen LogP contribution is 2.32. The summed E-state index contributed by atoms with van der Waals surface area (Å²) >= 11 is 0.